The molecule has 0 bridgehead atoms. The summed E-state index contributed by atoms with van der Waals surface area (Å²) in [5.41, 5.74) is 0.561. The molecule has 7 heteroatoms. The molecule has 18 heavy (non-hydrogen) atoms. The molecule has 0 spiro atoms. The smallest absolute Gasteiger partial charge is 0.293 e. The van der Waals surface area contributed by atoms with E-state index in [2.05, 4.69) is 26.6 Å². The molecule has 1 saturated heterocycles. The van der Waals surface area contributed by atoms with Gasteiger partial charge < -0.3 is 15.7 Å². The zero-order chi connectivity index (χ0) is 13.1. The predicted molar refractivity (Wildman–Crippen MR) is 71.7 cm³/mol. The molecule has 2 atom stereocenters. The van der Waals surface area contributed by atoms with Gasteiger partial charge in [0.05, 0.1) is 11.5 Å². The lowest BCUT2D eigenvalue weighted by Crippen LogP contribution is -2.25. The van der Waals surface area contributed by atoms with E-state index in [4.69, 9.17) is 5.11 Å². The normalized spacial score (nSPS) is 23.0. The number of nitro groups is 1. The Morgan fingerprint density at radius 1 is 1.61 bits per heavy atom. The van der Waals surface area contributed by atoms with Crippen molar-refractivity contribution in [2.45, 2.75) is 18.5 Å². The van der Waals surface area contributed by atoms with E-state index >= 15 is 0 Å². The molecule has 1 heterocycles. The highest BCUT2D eigenvalue weighted by Crippen LogP contribution is 2.29. The fourth-order valence-electron chi connectivity index (χ4n) is 2.07. The van der Waals surface area contributed by atoms with Gasteiger partial charge in [0.2, 0.25) is 0 Å². The van der Waals surface area contributed by atoms with Crippen LogP contribution in [0.4, 0.5) is 11.4 Å². The first-order chi connectivity index (χ1) is 8.60. The van der Waals surface area contributed by atoms with Crippen molar-refractivity contribution in [1.82, 2.24) is 5.32 Å². The van der Waals surface area contributed by atoms with Crippen LogP contribution in [0.5, 0.6) is 0 Å². The van der Waals surface area contributed by atoms with Crippen molar-refractivity contribution >= 4 is 27.3 Å². The van der Waals surface area contributed by atoms with Gasteiger partial charge in [-0.25, -0.2) is 0 Å². The number of halogens is 1. The minimum Gasteiger partial charge on any atom is -0.395 e. The van der Waals surface area contributed by atoms with Crippen molar-refractivity contribution in [2.24, 2.45) is 0 Å². The number of hydrogen-bond donors (Lipinski definition) is 3. The van der Waals surface area contributed by atoms with Crippen LogP contribution in [0.2, 0.25) is 0 Å². The van der Waals surface area contributed by atoms with E-state index in [1.165, 1.54) is 6.07 Å². The zero-order valence-electron chi connectivity index (χ0n) is 9.60. The first-order valence-electron chi connectivity index (χ1n) is 5.65. The van der Waals surface area contributed by atoms with Crippen LogP contribution in [0.3, 0.4) is 0 Å². The lowest BCUT2D eigenvalue weighted by atomic mass is 10.1. The van der Waals surface area contributed by atoms with Gasteiger partial charge in [-0.15, -0.1) is 0 Å². The van der Waals surface area contributed by atoms with E-state index < -0.39 is 4.92 Å². The Bertz CT molecular complexity index is 455. The minimum absolute atomic E-state index is 0.0526. The standard InChI is InChI=1S/C11H14BrN3O3/c12-7-1-2-10(11(3-7)15(17)18)14-8-4-9(6-16)13-5-8/h1-3,8-9,13-14,16H,4-6H2/t8-,9+/m1/s1. The maximum absolute atomic E-state index is 11.0. The first-order valence-corrected chi connectivity index (χ1v) is 6.44. The Labute approximate surface area is 113 Å². The Hall–Kier alpha value is -1.18. The third-order valence-corrected chi connectivity index (χ3v) is 3.45. The third-order valence-electron chi connectivity index (χ3n) is 2.96. The Morgan fingerprint density at radius 2 is 2.39 bits per heavy atom. The van der Waals surface area contributed by atoms with Gasteiger partial charge in [0.25, 0.3) is 5.69 Å². The zero-order valence-corrected chi connectivity index (χ0v) is 11.2. The van der Waals surface area contributed by atoms with Crippen molar-refractivity contribution in [2.75, 3.05) is 18.5 Å². The molecule has 0 aliphatic carbocycles. The number of anilines is 1. The van der Waals surface area contributed by atoms with Gasteiger partial charge >= 0.3 is 0 Å². The van der Waals surface area contributed by atoms with Gasteiger partial charge in [-0.2, -0.15) is 0 Å². The summed E-state index contributed by atoms with van der Waals surface area (Å²) in [6.45, 7) is 0.777. The third kappa shape index (κ3) is 2.98. The second-order valence-electron chi connectivity index (χ2n) is 4.28. The van der Waals surface area contributed by atoms with Crippen LogP contribution < -0.4 is 10.6 Å². The lowest BCUT2D eigenvalue weighted by molar-refractivity contribution is -0.384. The first kappa shape index (κ1) is 13.3. The molecule has 0 saturated carbocycles. The predicted octanol–water partition coefficient (Wildman–Crippen LogP) is 1.49. The highest BCUT2D eigenvalue weighted by molar-refractivity contribution is 9.10. The number of aliphatic hydroxyl groups is 1. The monoisotopic (exact) mass is 315 g/mol. The quantitative estimate of drug-likeness (QED) is 0.579. The maximum Gasteiger partial charge on any atom is 0.293 e. The van der Waals surface area contributed by atoms with E-state index in [-0.39, 0.29) is 24.4 Å². The largest absolute Gasteiger partial charge is 0.395 e. The SMILES string of the molecule is O=[N+]([O-])c1cc(Br)ccc1N[C@H]1CN[C@H](CO)C1. The summed E-state index contributed by atoms with van der Waals surface area (Å²) in [5.74, 6) is 0. The van der Waals surface area contributed by atoms with Crippen molar-refractivity contribution in [3.05, 3.63) is 32.8 Å². The van der Waals surface area contributed by atoms with Crippen molar-refractivity contribution in [1.29, 1.82) is 0 Å². The van der Waals surface area contributed by atoms with Crippen LogP contribution in [0.25, 0.3) is 0 Å². The molecule has 0 unspecified atom stereocenters. The van der Waals surface area contributed by atoms with E-state index in [0.717, 1.165) is 6.42 Å². The molecule has 3 N–H and O–H groups in total. The summed E-state index contributed by atoms with van der Waals surface area (Å²) < 4.78 is 0.678. The number of nitrogens with one attached hydrogen (secondary N) is 2. The molecule has 1 aliphatic heterocycles. The number of rotatable bonds is 4. The number of hydrogen-bond acceptors (Lipinski definition) is 5. The molecular weight excluding hydrogens is 302 g/mol. The summed E-state index contributed by atoms with van der Waals surface area (Å²) in [5, 5.41) is 26.3. The van der Waals surface area contributed by atoms with Crippen molar-refractivity contribution in [3.63, 3.8) is 0 Å². The molecule has 1 aromatic carbocycles. The fourth-order valence-corrected chi connectivity index (χ4v) is 2.41. The number of nitro benzene ring substituents is 1. The molecule has 0 amide bonds. The van der Waals surface area contributed by atoms with Gasteiger partial charge in [-0.3, -0.25) is 10.1 Å². The van der Waals surface area contributed by atoms with E-state index in [1.54, 1.807) is 12.1 Å². The van der Waals surface area contributed by atoms with Crippen LogP contribution in [-0.4, -0.2) is 35.3 Å². The molecule has 6 nitrogen and oxygen atoms in total. The van der Waals surface area contributed by atoms with Gasteiger partial charge in [-0.05, 0) is 18.6 Å². The van der Waals surface area contributed by atoms with Gasteiger partial charge in [-0.1, -0.05) is 15.9 Å². The van der Waals surface area contributed by atoms with Gasteiger partial charge in [0.1, 0.15) is 5.69 Å². The molecule has 1 aromatic rings. The summed E-state index contributed by atoms with van der Waals surface area (Å²) in [4.78, 5) is 10.6. The summed E-state index contributed by atoms with van der Waals surface area (Å²) in [6.07, 6.45) is 0.754. The second kappa shape index (κ2) is 5.64. The molecule has 0 aromatic heterocycles. The molecule has 1 aliphatic rings. The van der Waals surface area contributed by atoms with Gasteiger partial charge in [0, 0.05) is 29.2 Å². The highest BCUT2D eigenvalue weighted by Gasteiger charge is 2.25. The topological polar surface area (TPSA) is 87.4 Å². The van der Waals surface area contributed by atoms with Gasteiger partial charge in [0.15, 0.2) is 0 Å². The van der Waals surface area contributed by atoms with E-state index in [9.17, 15) is 10.1 Å². The van der Waals surface area contributed by atoms with Crippen LogP contribution in [0, 0.1) is 10.1 Å². The van der Waals surface area contributed by atoms with E-state index in [1.807, 2.05) is 0 Å². The highest BCUT2D eigenvalue weighted by atomic mass is 79.9. The molecule has 0 radical (unpaired) electrons. The average molecular weight is 316 g/mol. The summed E-state index contributed by atoms with van der Waals surface area (Å²) in [7, 11) is 0. The van der Waals surface area contributed by atoms with Crippen LogP contribution in [0.1, 0.15) is 6.42 Å². The molecular formula is C11H14BrN3O3. The Morgan fingerprint density at radius 3 is 3.00 bits per heavy atom. The number of benzene rings is 1. The van der Waals surface area contributed by atoms with Crippen molar-refractivity contribution < 1.29 is 10.0 Å². The molecule has 1 fully saturated rings. The molecule has 2 rings (SSSR count). The maximum atomic E-state index is 11.0. The minimum atomic E-state index is -0.404. The number of nitrogens with zero attached hydrogens (tertiary/aromatic N) is 1. The van der Waals surface area contributed by atoms with Crippen LogP contribution >= 0.6 is 15.9 Å². The molecule has 98 valence electrons. The van der Waals surface area contributed by atoms with Crippen LogP contribution in [-0.2, 0) is 0 Å². The number of aliphatic hydroxyl groups excluding tert-OH is 1. The summed E-state index contributed by atoms with van der Waals surface area (Å²) in [6, 6.07) is 5.10. The second-order valence-corrected chi connectivity index (χ2v) is 5.20. The van der Waals surface area contributed by atoms with Crippen molar-refractivity contribution in [3.8, 4) is 0 Å². The van der Waals surface area contributed by atoms with Crippen LogP contribution in [0.15, 0.2) is 22.7 Å². The summed E-state index contributed by atoms with van der Waals surface area (Å²) >= 11 is 3.22. The Kier molecular flexibility index (Phi) is 4.15. The average Bonchev–Trinajstić information content (AvgIpc) is 2.79. The lowest BCUT2D eigenvalue weighted by Gasteiger charge is -2.13. The van der Waals surface area contributed by atoms with E-state index in [0.29, 0.717) is 16.7 Å². The Balaban J connectivity index is 2.12. The fraction of sp³-hybridized carbons (Fsp3) is 0.455.